The summed E-state index contributed by atoms with van der Waals surface area (Å²) in [4.78, 5) is 53.2. The van der Waals surface area contributed by atoms with Crippen molar-refractivity contribution in [3.8, 4) is 0 Å². The summed E-state index contributed by atoms with van der Waals surface area (Å²) >= 11 is 4.76. The Labute approximate surface area is 159 Å². The number of carbonyl (C=O) groups is 4. The first-order chi connectivity index (χ1) is 12.3. The van der Waals surface area contributed by atoms with Crippen LogP contribution in [0.2, 0.25) is 0 Å². The van der Waals surface area contributed by atoms with Gasteiger partial charge >= 0.3 is 0 Å². The molecule has 6 nitrogen and oxygen atoms in total. The van der Waals surface area contributed by atoms with Crippen molar-refractivity contribution in [2.24, 2.45) is 0 Å². The van der Waals surface area contributed by atoms with Crippen molar-refractivity contribution in [3.63, 3.8) is 0 Å². The molecule has 8 heteroatoms. The van der Waals surface area contributed by atoms with Gasteiger partial charge in [-0.3, -0.25) is 29.0 Å². The molecule has 5 rings (SSSR count). The standard InChI is InChI=1S/C18H9BrN2O4S/c1-20-15(22)6-3-4-7-11-10(6)12(17(20)24)8-5-9(19)26-14(8)13(11)18(25)21(2)16(7)23/h3-5H,1-2H3. The molecule has 3 aromatic rings. The van der Waals surface area contributed by atoms with E-state index < -0.39 is 23.6 Å². The molecule has 0 bridgehead atoms. The van der Waals surface area contributed by atoms with Gasteiger partial charge in [-0.15, -0.1) is 11.3 Å². The number of hydrogen-bond donors (Lipinski definition) is 0. The summed E-state index contributed by atoms with van der Waals surface area (Å²) < 4.78 is 1.40. The number of imide groups is 2. The van der Waals surface area contributed by atoms with Gasteiger partial charge < -0.3 is 0 Å². The van der Waals surface area contributed by atoms with E-state index in [0.717, 1.165) is 13.6 Å². The molecule has 0 radical (unpaired) electrons. The van der Waals surface area contributed by atoms with Crippen molar-refractivity contribution in [1.29, 1.82) is 0 Å². The minimum absolute atomic E-state index is 0.330. The second-order valence-corrected chi connectivity index (χ2v) is 8.72. The Kier molecular flexibility index (Phi) is 2.87. The highest BCUT2D eigenvalue weighted by atomic mass is 79.9. The minimum Gasteiger partial charge on any atom is -0.277 e. The summed E-state index contributed by atoms with van der Waals surface area (Å²) in [6, 6.07) is 4.91. The zero-order chi connectivity index (χ0) is 18.5. The fourth-order valence-corrected chi connectivity index (χ4v) is 5.42. The Morgan fingerprint density at radius 2 is 1.31 bits per heavy atom. The van der Waals surface area contributed by atoms with Crippen LogP contribution in [0.4, 0.5) is 0 Å². The predicted molar refractivity (Wildman–Crippen MR) is 99.9 cm³/mol. The normalized spacial score (nSPS) is 16.4. The molecule has 0 saturated heterocycles. The average Bonchev–Trinajstić information content (AvgIpc) is 3.00. The number of rotatable bonds is 0. The van der Waals surface area contributed by atoms with Crippen LogP contribution in [0.15, 0.2) is 22.0 Å². The van der Waals surface area contributed by atoms with Crippen molar-refractivity contribution in [3.05, 3.63) is 44.2 Å². The number of amides is 4. The Bertz CT molecular complexity index is 1170. The Hall–Kier alpha value is -2.58. The van der Waals surface area contributed by atoms with Crippen LogP contribution in [0.5, 0.6) is 0 Å². The highest BCUT2D eigenvalue weighted by Gasteiger charge is 2.40. The average molecular weight is 429 g/mol. The molecule has 0 unspecified atom stereocenters. The van der Waals surface area contributed by atoms with E-state index in [4.69, 9.17) is 0 Å². The maximum absolute atomic E-state index is 12.9. The molecule has 0 aliphatic carbocycles. The van der Waals surface area contributed by atoms with E-state index in [1.54, 1.807) is 18.2 Å². The number of halogens is 1. The Balaban J connectivity index is 2.16. The van der Waals surface area contributed by atoms with E-state index in [9.17, 15) is 19.2 Å². The van der Waals surface area contributed by atoms with Crippen LogP contribution in [-0.4, -0.2) is 47.5 Å². The zero-order valence-corrected chi connectivity index (χ0v) is 15.9. The van der Waals surface area contributed by atoms with Crippen molar-refractivity contribution < 1.29 is 19.2 Å². The third-order valence-corrected chi connectivity index (χ3v) is 6.67. The molecular formula is C18H9BrN2O4S. The quantitative estimate of drug-likeness (QED) is 0.515. The van der Waals surface area contributed by atoms with Crippen LogP contribution < -0.4 is 0 Å². The smallest absolute Gasteiger partial charge is 0.262 e. The van der Waals surface area contributed by atoms with Gasteiger partial charge in [0.05, 0.1) is 14.9 Å². The fourth-order valence-electron chi connectivity index (χ4n) is 3.77. The second-order valence-electron chi connectivity index (χ2n) is 6.29. The summed E-state index contributed by atoms with van der Waals surface area (Å²) in [6.45, 7) is 0. The highest BCUT2D eigenvalue weighted by molar-refractivity contribution is 9.11. The maximum atomic E-state index is 12.9. The zero-order valence-electron chi connectivity index (χ0n) is 13.5. The molecule has 3 heterocycles. The molecule has 0 spiro atoms. The summed E-state index contributed by atoms with van der Waals surface area (Å²) in [5, 5.41) is 1.42. The van der Waals surface area contributed by atoms with Crippen molar-refractivity contribution in [2.45, 2.75) is 0 Å². The van der Waals surface area contributed by atoms with Gasteiger partial charge in [-0.25, -0.2) is 0 Å². The van der Waals surface area contributed by atoms with Gasteiger partial charge in [0.2, 0.25) is 0 Å². The van der Waals surface area contributed by atoms with Gasteiger partial charge in [0, 0.05) is 46.1 Å². The highest BCUT2D eigenvalue weighted by Crippen LogP contribution is 2.46. The Morgan fingerprint density at radius 1 is 0.808 bits per heavy atom. The SMILES string of the molecule is CN1C(=O)c2ccc3c4c(c5sc(Br)cc5c(c24)C1=O)C(=O)N(C)C3=O. The molecule has 0 fully saturated rings. The van der Waals surface area contributed by atoms with Crippen molar-refractivity contribution in [2.75, 3.05) is 14.1 Å². The fraction of sp³-hybridized carbons (Fsp3) is 0.111. The first-order valence-corrected chi connectivity index (χ1v) is 9.30. The minimum atomic E-state index is -0.438. The van der Waals surface area contributed by atoms with E-state index in [1.165, 1.54) is 25.4 Å². The Morgan fingerprint density at radius 3 is 1.88 bits per heavy atom. The molecule has 26 heavy (non-hydrogen) atoms. The van der Waals surface area contributed by atoms with Gasteiger partial charge in [-0.05, 0) is 34.1 Å². The second kappa shape index (κ2) is 4.77. The molecular weight excluding hydrogens is 420 g/mol. The van der Waals surface area contributed by atoms with E-state index in [1.807, 2.05) is 0 Å². The van der Waals surface area contributed by atoms with Gasteiger partial charge in [-0.1, -0.05) is 0 Å². The van der Waals surface area contributed by atoms with E-state index >= 15 is 0 Å². The lowest BCUT2D eigenvalue weighted by molar-refractivity contribution is 0.0631. The topological polar surface area (TPSA) is 74.8 Å². The summed E-state index contributed by atoms with van der Waals surface area (Å²) in [5.41, 5.74) is 1.40. The van der Waals surface area contributed by atoms with Crippen molar-refractivity contribution >= 4 is 71.8 Å². The van der Waals surface area contributed by atoms with Crippen LogP contribution in [0.25, 0.3) is 20.9 Å². The molecule has 4 amide bonds. The number of fused-ring (bicyclic) bond motifs is 3. The predicted octanol–water partition coefficient (Wildman–Crippen LogP) is 3.27. The summed E-state index contributed by atoms with van der Waals surface area (Å²) in [7, 11) is 2.87. The summed E-state index contributed by atoms with van der Waals surface area (Å²) in [6.07, 6.45) is 0. The molecule has 2 aliphatic rings. The van der Waals surface area contributed by atoms with Gasteiger partial charge in [0.15, 0.2) is 0 Å². The van der Waals surface area contributed by atoms with Crippen molar-refractivity contribution in [1.82, 2.24) is 9.80 Å². The third-order valence-electron chi connectivity index (χ3n) is 5.01. The molecule has 2 aliphatic heterocycles. The number of thiophene rings is 1. The van der Waals surface area contributed by atoms with Crippen LogP contribution in [0.3, 0.4) is 0 Å². The first-order valence-electron chi connectivity index (χ1n) is 7.69. The molecule has 0 N–H and O–H groups in total. The summed E-state index contributed by atoms with van der Waals surface area (Å²) in [5.74, 6) is -1.73. The van der Waals surface area contributed by atoms with Gasteiger partial charge in [0.1, 0.15) is 0 Å². The lowest BCUT2D eigenvalue weighted by Gasteiger charge is -2.30. The maximum Gasteiger partial charge on any atom is 0.262 e. The monoisotopic (exact) mass is 428 g/mol. The lowest BCUT2D eigenvalue weighted by atomic mass is 9.84. The number of carbonyl (C=O) groups excluding carboxylic acids is 4. The molecule has 0 atom stereocenters. The lowest BCUT2D eigenvalue weighted by Crippen LogP contribution is -2.40. The first kappa shape index (κ1) is 15.7. The molecule has 2 aromatic carbocycles. The van der Waals surface area contributed by atoms with Crippen LogP contribution in [0.1, 0.15) is 41.4 Å². The number of hydrogen-bond acceptors (Lipinski definition) is 5. The van der Waals surface area contributed by atoms with Crippen LogP contribution >= 0.6 is 27.3 Å². The molecule has 1 aromatic heterocycles. The van der Waals surface area contributed by atoms with E-state index in [0.29, 0.717) is 43.1 Å². The molecule has 128 valence electrons. The third kappa shape index (κ3) is 1.61. The van der Waals surface area contributed by atoms with E-state index in [2.05, 4.69) is 15.9 Å². The number of nitrogens with zero attached hydrogens (tertiary/aromatic N) is 2. The van der Waals surface area contributed by atoms with Gasteiger partial charge in [0.25, 0.3) is 23.6 Å². The number of benzene rings is 2. The molecule has 0 saturated carbocycles. The van der Waals surface area contributed by atoms with Crippen LogP contribution in [0, 0.1) is 0 Å². The largest absolute Gasteiger partial charge is 0.277 e. The van der Waals surface area contributed by atoms with E-state index in [-0.39, 0.29) is 0 Å². The van der Waals surface area contributed by atoms with Crippen LogP contribution in [-0.2, 0) is 0 Å². The van der Waals surface area contributed by atoms with Gasteiger partial charge in [-0.2, -0.15) is 0 Å².